The van der Waals surface area contributed by atoms with E-state index in [1.165, 1.54) is 11.7 Å². The molecule has 1 aromatic carbocycles. The van der Waals surface area contributed by atoms with Crippen LogP contribution in [0.1, 0.15) is 11.5 Å². The lowest BCUT2D eigenvalue weighted by Crippen LogP contribution is -1.99. The van der Waals surface area contributed by atoms with E-state index in [0.29, 0.717) is 11.6 Å². The molecule has 0 spiro atoms. The third-order valence-electron chi connectivity index (χ3n) is 2.82. The van der Waals surface area contributed by atoms with Gasteiger partial charge in [-0.15, -0.1) is 0 Å². The molecule has 20 heavy (non-hydrogen) atoms. The number of nitrogens with one attached hydrogen (secondary N) is 1. The highest BCUT2D eigenvalue weighted by Gasteiger charge is 2.10. The van der Waals surface area contributed by atoms with Crippen LogP contribution in [-0.2, 0) is 12.3 Å². The van der Waals surface area contributed by atoms with Crippen LogP contribution in [0.3, 0.4) is 0 Å². The van der Waals surface area contributed by atoms with Gasteiger partial charge < -0.3 is 9.73 Å². The Hall–Kier alpha value is -1.24. The van der Waals surface area contributed by atoms with Gasteiger partial charge in [-0.25, -0.2) is 0 Å². The number of furan rings is 1. The molecule has 4 nitrogen and oxygen atoms in total. The Morgan fingerprint density at radius 2 is 2.10 bits per heavy atom. The van der Waals surface area contributed by atoms with Gasteiger partial charge in [0.15, 0.2) is 0 Å². The third-order valence-corrected chi connectivity index (χ3v) is 4.25. The SMILES string of the molecule is CSCc1ccc(CNc2c(Cl)ccc3nsnc23)o1. The molecule has 0 saturated carbocycles. The monoisotopic (exact) mass is 325 g/mol. The summed E-state index contributed by atoms with van der Waals surface area (Å²) in [4.78, 5) is 0. The molecule has 0 fully saturated rings. The Labute approximate surface area is 129 Å². The molecule has 104 valence electrons. The molecule has 0 aliphatic heterocycles. The number of thioether (sulfide) groups is 1. The minimum Gasteiger partial charge on any atom is -0.463 e. The molecule has 0 bridgehead atoms. The zero-order valence-corrected chi connectivity index (χ0v) is 13.1. The van der Waals surface area contributed by atoms with E-state index in [9.17, 15) is 0 Å². The fraction of sp³-hybridized carbons (Fsp3) is 0.231. The van der Waals surface area contributed by atoms with E-state index in [1.807, 2.05) is 24.3 Å². The molecular weight excluding hydrogens is 314 g/mol. The van der Waals surface area contributed by atoms with E-state index in [4.69, 9.17) is 16.0 Å². The highest BCUT2D eigenvalue weighted by Crippen LogP contribution is 2.30. The third kappa shape index (κ3) is 2.77. The molecule has 0 unspecified atom stereocenters. The highest BCUT2D eigenvalue weighted by molar-refractivity contribution is 7.97. The summed E-state index contributed by atoms with van der Waals surface area (Å²) in [6.45, 7) is 0.574. The normalized spacial score (nSPS) is 11.1. The van der Waals surface area contributed by atoms with Gasteiger partial charge in [-0.05, 0) is 30.5 Å². The Balaban J connectivity index is 1.79. The minimum absolute atomic E-state index is 0.574. The predicted octanol–water partition coefficient (Wildman–Crippen LogP) is 4.41. The molecule has 0 atom stereocenters. The van der Waals surface area contributed by atoms with Crippen molar-refractivity contribution in [3.8, 4) is 0 Å². The van der Waals surface area contributed by atoms with Crippen LogP contribution in [0.5, 0.6) is 0 Å². The Kier molecular flexibility index (Phi) is 4.14. The standard InChI is InChI=1S/C13H12ClN3OS2/c1-19-7-9-3-2-8(18-9)6-15-12-10(14)4-5-11-13(12)17-20-16-11/h2-5,15H,6-7H2,1H3. The van der Waals surface area contributed by atoms with Crippen LogP contribution >= 0.6 is 35.1 Å². The number of anilines is 1. The fourth-order valence-electron chi connectivity index (χ4n) is 1.91. The summed E-state index contributed by atoms with van der Waals surface area (Å²) >= 11 is 9.14. The molecule has 1 N–H and O–H groups in total. The summed E-state index contributed by atoms with van der Waals surface area (Å²) in [6, 6.07) is 7.68. The zero-order valence-electron chi connectivity index (χ0n) is 10.7. The molecule has 2 aromatic heterocycles. The van der Waals surface area contributed by atoms with Crippen molar-refractivity contribution in [2.24, 2.45) is 0 Å². The second-order valence-electron chi connectivity index (χ2n) is 4.21. The van der Waals surface area contributed by atoms with E-state index in [0.717, 1.165) is 34.0 Å². The van der Waals surface area contributed by atoms with Gasteiger partial charge in [0.25, 0.3) is 0 Å². The zero-order chi connectivity index (χ0) is 13.9. The maximum atomic E-state index is 6.22. The van der Waals surface area contributed by atoms with E-state index in [1.54, 1.807) is 11.8 Å². The number of hydrogen-bond donors (Lipinski definition) is 1. The highest BCUT2D eigenvalue weighted by atomic mass is 35.5. The number of hydrogen-bond acceptors (Lipinski definition) is 6. The van der Waals surface area contributed by atoms with Crippen LogP contribution in [-0.4, -0.2) is 15.0 Å². The summed E-state index contributed by atoms with van der Waals surface area (Å²) in [7, 11) is 0. The lowest BCUT2D eigenvalue weighted by atomic mass is 10.2. The van der Waals surface area contributed by atoms with Gasteiger partial charge in [-0.3, -0.25) is 0 Å². The molecule has 0 amide bonds. The van der Waals surface area contributed by atoms with Gasteiger partial charge in [0, 0.05) is 0 Å². The van der Waals surface area contributed by atoms with Gasteiger partial charge in [-0.1, -0.05) is 11.6 Å². The largest absolute Gasteiger partial charge is 0.463 e. The Bertz CT molecular complexity index is 725. The van der Waals surface area contributed by atoms with Crippen LogP contribution in [0, 0.1) is 0 Å². The number of rotatable bonds is 5. The molecule has 3 aromatic rings. The van der Waals surface area contributed by atoms with Crippen LogP contribution in [0.15, 0.2) is 28.7 Å². The lowest BCUT2D eigenvalue weighted by molar-refractivity contribution is 0.487. The van der Waals surface area contributed by atoms with Crippen molar-refractivity contribution >= 4 is 51.8 Å². The molecule has 7 heteroatoms. The molecule has 3 rings (SSSR count). The summed E-state index contributed by atoms with van der Waals surface area (Å²) in [5.41, 5.74) is 2.46. The molecule has 0 saturated heterocycles. The molecule has 0 radical (unpaired) electrons. The quantitative estimate of drug-likeness (QED) is 0.753. The second-order valence-corrected chi connectivity index (χ2v) is 6.01. The first-order valence-corrected chi connectivity index (χ1v) is 8.49. The molecule has 0 aliphatic rings. The molecule has 0 aliphatic carbocycles. The van der Waals surface area contributed by atoms with Crippen molar-refractivity contribution in [2.45, 2.75) is 12.3 Å². The summed E-state index contributed by atoms with van der Waals surface area (Å²) < 4.78 is 14.2. The number of halogens is 1. The predicted molar refractivity (Wildman–Crippen MR) is 85.7 cm³/mol. The van der Waals surface area contributed by atoms with E-state index in [2.05, 4.69) is 20.3 Å². The number of nitrogens with zero attached hydrogens (tertiary/aromatic N) is 2. The van der Waals surface area contributed by atoms with Crippen LogP contribution in [0.2, 0.25) is 5.02 Å². The first-order chi connectivity index (χ1) is 9.78. The maximum Gasteiger partial charge on any atom is 0.129 e. The first kappa shape index (κ1) is 13.7. The van der Waals surface area contributed by atoms with Crippen molar-refractivity contribution < 1.29 is 4.42 Å². The van der Waals surface area contributed by atoms with Crippen LogP contribution in [0.4, 0.5) is 5.69 Å². The maximum absolute atomic E-state index is 6.22. The second kappa shape index (κ2) is 6.03. The first-order valence-electron chi connectivity index (χ1n) is 5.99. The summed E-state index contributed by atoms with van der Waals surface area (Å²) in [6.07, 6.45) is 2.05. The average Bonchev–Trinajstić information content (AvgIpc) is 3.07. The van der Waals surface area contributed by atoms with E-state index in [-0.39, 0.29) is 0 Å². The topological polar surface area (TPSA) is 51.0 Å². The van der Waals surface area contributed by atoms with Crippen LogP contribution < -0.4 is 5.32 Å². The summed E-state index contributed by atoms with van der Waals surface area (Å²) in [5.74, 6) is 2.74. The Morgan fingerprint density at radius 1 is 1.25 bits per heavy atom. The van der Waals surface area contributed by atoms with Gasteiger partial charge >= 0.3 is 0 Å². The molecular formula is C13H12ClN3OS2. The molecule has 2 heterocycles. The average molecular weight is 326 g/mol. The van der Waals surface area contributed by atoms with Crippen molar-refractivity contribution in [3.05, 3.63) is 40.8 Å². The van der Waals surface area contributed by atoms with Crippen molar-refractivity contribution in [1.29, 1.82) is 0 Å². The van der Waals surface area contributed by atoms with Gasteiger partial charge in [0.05, 0.1) is 34.7 Å². The van der Waals surface area contributed by atoms with Gasteiger partial charge in [0.1, 0.15) is 22.6 Å². The smallest absolute Gasteiger partial charge is 0.129 e. The fourth-order valence-corrected chi connectivity index (χ4v) is 3.11. The van der Waals surface area contributed by atoms with Gasteiger partial charge in [-0.2, -0.15) is 20.5 Å². The number of benzene rings is 1. The lowest BCUT2D eigenvalue weighted by Gasteiger charge is -2.07. The van der Waals surface area contributed by atoms with Gasteiger partial charge in [0.2, 0.25) is 0 Å². The number of fused-ring (bicyclic) bond motifs is 1. The van der Waals surface area contributed by atoms with E-state index < -0.39 is 0 Å². The summed E-state index contributed by atoms with van der Waals surface area (Å²) in [5, 5.41) is 3.93. The van der Waals surface area contributed by atoms with E-state index >= 15 is 0 Å². The Morgan fingerprint density at radius 3 is 2.95 bits per heavy atom. The van der Waals surface area contributed by atoms with Crippen molar-refractivity contribution in [2.75, 3.05) is 11.6 Å². The number of aromatic nitrogens is 2. The minimum atomic E-state index is 0.574. The van der Waals surface area contributed by atoms with Crippen LogP contribution in [0.25, 0.3) is 11.0 Å². The van der Waals surface area contributed by atoms with Crippen molar-refractivity contribution in [1.82, 2.24) is 8.75 Å². The van der Waals surface area contributed by atoms with Crippen molar-refractivity contribution in [3.63, 3.8) is 0 Å².